The summed E-state index contributed by atoms with van der Waals surface area (Å²) in [4.78, 5) is 15.0. The normalized spacial score (nSPS) is 13.6. The van der Waals surface area contributed by atoms with E-state index in [0.717, 1.165) is 21.3 Å². The van der Waals surface area contributed by atoms with Crippen molar-refractivity contribution < 1.29 is 15.3 Å². The van der Waals surface area contributed by atoms with Crippen molar-refractivity contribution in [1.82, 2.24) is 14.3 Å². The monoisotopic (exact) mass is 422 g/mol. The number of hydrogen-bond acceptors (Lipinski definition) is 6. The second kappa shape index (κ2) is 8.50. The number of para-hydroxylation sites is 2. The molecular weight excluding hydrogens is 396 g/mol. The molecule has 0 bridgehead atoms. The van der Waals surface area contributed by atoms with E-state index in [1.54, 1.807) is 16.5 Å². The first-order chi connectivity index (χ1) is 15.0. The van der Waals surface area contributed by atoms with Gasteiger partial charge >= 0.3 is 0 Å². The van der Waals surface area contributed by atoms with E-state index in [1.807, 2.05) is 61.5 Å². The number of anilines is 1. The molecule has 0 saturated carbocycles. The zero-order valence-corrected chi connectivity index (χ0v) is 17.5. The van der Waals surface area contributed by atoms with E-state index in [-0.39, 0.29) is 12.1 Å². The lowest BCUT2D eigenvalue weighted by atomic mass is 10.1. The smallest absolute Gasteiger partial charge is 0.291 e. The average Bonchev–Trinajstić information content (AvgIpc) is 3.10. The molecule has 4 aromatic rings. The minimum Gasteiger partial charge on any atom is -0.394 e. The van der Waals surface area contributed by atoms with Crippen LogP contribution in [0.1, 0.15) is 18.8 Å². The number of fused-ring (bicyclic) bond motifs is 3. The Morgan fingerprint density at radius 1 is 1.06 bits per heavy atom. The van der Waals surface area contributed by atoms with Crippen molar-refractivity contribution in [2.24, 2.45) is 7.05 Å². The van der Waals surface area contributed by atoms with Crippen LogP contribution in [0.3, 0.4) is 0 Å². The zero-order chi connectivity index (χ0) is 22.1. The molecule has 162 valence electrons. The van der Waals surface area contributed by atoms with E-state index in [9.17, 15) is 20.1 Å². The van der Waals surface area contributed by atoms with Crippen molar-refractivity contribution >= 4 is 27.5 Å². The van der Waals surface area contributed by atoms with Crippen molar-refractivity contribution in [2.45, 2.75) is 25.8 Å². The molecule has 0 spiro atoms. The number of nitrogens with zero attached hydrogens (tertiary/aromatic N) is 4. The van der Waals surface area contributed by atoms with E-state index in [4.69, 9.17) is 0 Å². The number of aliphatic hydroxyl groups excluding tert-OH is 3. The van der Waals surface area contributed by atoms with Crippen LogP contribution in [0.25, 0.3) is 21.8 Å². The van der Waals surface area contributed by atoms with Crippen LogP contribution in [0.4, 0.5) is 5.69 Å². The maximum atomic E-state index is 13.2. The predicted octanol–water partition coefficient (Wildman–Crippen LogP) is 1.76. The molecule has 8 nitrogen and oxygen atoms in total. The quantitative estimate of drug-likeness (QED) is 0.392. The van der Waals surface area contributed by atoms with Crippen LogP contribution < -0.4 is 10.5 Å². The highest BCUT2D eigenvalue weighted by atomic mass is 16.3. The molecule has 3 N–H and O–H groups in total. The lowest BCUT2D eigenvalue weighted by Crippen LogP contribution is -2.35. The third-order valence-corrected chi connectivity index (χ3v) is 5.59. The van der Waals surface area contributed by atoms with E-state index in [0.29, 0.717) is 23.1 Å². The van der Waals surface area contributed by atoms with Gasteiger partial charge in [0.2, 0.25) is 0 Å². The molecule has 0 aliphatic carbocycles. The van der Waals surface area contributed by atoms with Crippen LogP contribution in [0.2, 0.25) is 0 Å². The summed E-state index contributed by atoms with van der Waals surface area (Å²) < 4.78 is 2.91. The van der Waals surface area contributed by atoms with Gasteiger partial charge in [-0.2, -0.15) is 5.10 Å². The Balaban J connectivity index is 2.01. The molecule has 0 saturated heterocycles. The van der Waals surface area contributed by atoms with Crippen LogP contribution in [0.5, 0.6) is 0 Å². The third kappa shape index (κ3) is 3.59. The summed E-state index contributed by atoms with van der Waals surface area (Å²) >= 11 is 0. The molecule has 2 heterocycles. The molecule has 0 fully saturated rings. The summed E-state index contributed by atoms with van der Waals surface area (Å²) in [5.41, 5.74) is 1.98. The number of rotatable bonds is 7. The summed E-state index contributed by atoms with van der Waals surface area (Å²) in [6, 6.07) is 17.1. The Kier molecular flexibility index (Phi) is 5.77. The van der Waals surface area contributed by atoms with Gasteiger partial charge in [-0.05, 0) is 25.1 Å². The Hall–Kier alpha value is -3.20. The molecule has 0 radical (unpaired) electrons. The van der Waals surface area contributed by atoms with Gasteiger partial charge in [0.1, 0.15) is 11.2 Å². The van der Waals surface area contributed by atoms with Crippen molar-refractivity contribution in [1.29, 1.82) is 0 Å². The summed E-state index contributed by atoms with van der Waals surface area (Å²) in [6.45, 7) is 1.77. The molecule has 0 aliphatic heterocycles. The molecule has 0 aliphatic rings. The van der Waals surface area contributed by atoms with Crippen LogP contribution in [0, 0.1) is 0 Å². The summed E-state index contributed by atoms with van der Waals surface area (Å²) in [5, 5.41) is 36.5. The number of aryl methyl sites for hydroxylation is 1. The summed E-state index contributed by atoms with van der Waals surface area (Å²) in [7, 11) is 1.80. The third-order valence-electron chi connectivity index (χ3n) is 5.59. The highest BCUT2D eigenvalue weighted by Gasteiger charge is 2.27. The molecular formula is C23H26N4O4. The molecule has 2 aromatic heterocycles. The first-order valence-corrected chi connectivity index (χ1v) is 10.2. The van der Waals surface area contributed by atoms with Gasteiger partial charge in [0.25, 0.3) is 5.56 Å². The zero-order valence-electron chi connectivity index (χ0n) is 17.5. The molecule has 31 heavy (non-hydrogen) atoms. The minimum atomic E-state index is -1.14. The Labute approximate surface area is 179 Å². The lowest BCUT2D eigenvalue weighted by Gasteiger charge is -2.29. The van der Waals surface area contributed by atoms with Crippen molar-refractivity contribution in [3.05, 3.63) is 70.6 Å². The molecule has 1 unspecified atom stereocenters. The number of benzene rings is 2. The van der Waals surface area contributed by atoms with E-state index < -0.39 is 18.9 Å². The summed E-state index contributed by atoms with van der Waals surface area (Å²) in [5.74, 6) is 0. The fourth-order valence-corrected chi connectivity index (χ4v) is 4.08. The first-order valence-electron chi connectivity index (χ1n) is 10.2. The highest BCUT2D eigenvalue weighted by Crippen LogP contribution is 2.33. The Morgan fingerprint density at radius 3 is 2.42 bits per heavy atom. The molecule has 8 heteroatoms. The largest absolute Gasteiger partial charge is 0.394 e. The van der Waals surface area contributed by atoms with E-state index >= 15 is 0 Å². The van der Waals surface area contributed by atoms with Crippen LogP contribution in [-0.2, 0) is 13.6 Å². The van der Waals surface area contributed by atoms with Crippen LogP contribution in [0.15, 0.2) is 59.4 Å². The van der Waals surface area contributed by atoms with Crippen molar-refractivity contribution in [2.75, 3.05) is 18.1 Å². The van der Waals surface area contributed by atoms with Gasteiger partial charge in [-0.1, -0.05) is 36.4 Å². The van der Waals surface area contributed by atoms with Gasteiger partial charge in [0.05, 0.1) is 19.3 Å². The Morgan fingerprint density at radius 2 is 1.74 bits per heavy atom. The van der Waals surface area contributed by atoms with Crippen LogP contribution >= 0.6 is 0 Å². The second-order valence-corrected chi connectivity index (χ2v) is 7.50. The number of aliphatic hydroxyl groups is 3. The highest BCUT2D eigenvalue weighted by molar-refractivity contribution is 6.09. The van der Waals surface area contributed by atoms with Crippen LogP contribution in [-0.4, -0.2) is 48.9 Å². The second-order valence-electron chi connectivity index (χ2n) is 7.50. The summed E-state index contributed by atoms with van der Waals surface area (Å²) in [6.07, 6.45) is -2.27. The SMILES string of the molecule is CCN(c1ccccc1)C(O)c1nn(C[C@@H](O)CO)c(=O)c2c1c1ccccc1n2C. The molecule has 2 aromatic carbocycles. The van der Waals surface area contributed by atoms with Gasteiger partial charge in [-0.3, -0.25) is 4.79 Å². The van der Waals surface area contributed by atoms with Crippen molar-refractivity contribution in [3.63, 3.8) is 0 Å². The maximum Gasteiger partial charge on any atom is 0.291 e. The topological polar surface area (TPSA) is 104 Å². The fraction of sp³-hybridized carbons (Fsp3) is 0.304. The van der Waals surface area contributed by atoms with Crippen molar-refractivity contribution in [3.8, 4) is 0 Å². The number of hydrogen-bond donors (Lipinski definition) is 3. The minimum absolute atomic E-state index is 0.177. The van der Waals surface area contributed by atoms with Gasteiger partial charge < -0.3 is 24.8 Å². The lowest BCUT2D eigenvalue weighted by molar-refractivity contribution is 0.0761. The number of aromatic nitrogens is 3. The maximum absolute atomic E-state index is 13.2. The molecule has 2 atom stereocenters. The predicted molar refractivity (Wildman–Crippen MR) is 120 cm³/mol. The van der Waals surface area contributed by atoms with Gasteiger partial charge in [-0.25, -0.2) is 4.68 Å². The van der Waals surface area contributed by atoms with E-state index in [1.165, 1.54) is 0 Å². The fourth-order valence-electron chi connectivity index (χ4n) is 4.08. The standard InChI is InChI=1S/C23H26N4O4/c1-3-26(15-9-5-4-6-10-15)22(30)20-19-17-11-7-8-12-18(17)25(2)21(19)23(31)27(24-20)13-16(29)14-28/h4-12,16,22,28-30H,3,13-14H2,1-2H3/t16-,22?/m1/s1. The molecule has 0 amide bonds. The Bertz CT molecular complexity index is 1270. The first kappa shape index (κ1) is 21.0. The van der Waals surface area contributed by atoms with Gasteiger partial charge in [0.15, 0.2) is 6.23 Å². The van der Waals surface area contributed by atoms with E-state index in [2.05, 4.69) is 5.10 Å². The van der Waals surface area contributed by atoms with Gasteiger partial charge in [-0.15, -0.1) is 0 Å². The van der Waals surface area contributed by atoms with Gasteiger partial charge in [0, 0.05) is 35.6 Å². The average molecular weight is 422 g/mol. The molecule has 4 rings (SSSR count).